The molecule has 1 amide bonds. The van der Waals surface area contributed by atoms with Gasteiger partial charge in [0.2, 0.25) is 11.0 Å². The summed E-state index contributed by atoms with van der Waals surface area (Å²) in [5.41, 5.74) is 3.76. The number of ether oxygens (including phenoxy) is 2. The molecule has 0 unspecified atom stereocenters. The number of hydrogen-bond donors (Lipinski definition) is 1. The minimum atomic E-state index is -0.130. The average molecular weight is 463 g/mol. The Balaban J connectivity index is 1.60. The number of hydrogen-bond acceptors (Lipinski definition) is 6. The molecule has 33 heavy (non-hydrogen) atoms. The van der Waals surface area contributed by atoms with E-state index in [1.165, 1.54) is 11.3 Å². The van der Waals surface area contributed by atoms with Crippen molar-refractivity contribution < 1.29 is 14.3 Å². The minimum absolute atomic E-state index is 0.0429. The van der Waals surface area contributed by atoms with Crippen molar-refractivity contribution >= 4 is 33.3 Å². The zero-order chi connectivity index (χ0) is 22.9. The Morgan fingerprint density at radius 1 is 1.18 bits per heavy atom. The molecule has 1 aliphatic rings. The Hall–Kier alpha value is -3.39. The van der Waals surface area contributed by atoms with Gasteiger partial charge in [0.05, 0.1) is 29.1 Å². The Labute approximate surface area is 196 Å². The van der Waals surface area contributed by atoms with Crippen LogP contribution in [0.4, 0.5) is 5.82 Å². The molecular weight excluding hydrogens is 436 g/mol. The van der Waals surface area contributed by atoms with Crippen LogP contribution in [0.3, 0.4) is 0 Å². The third-order valence-electron chi connectivity index (χ3n) is 5.70. The zero-order valence-corrected chi connectivity index (χ0v) is 19.7. The second-order valence-electron chi connectivity index (χ2n) is 8.01. The molecule has 2 aromatic heterocycles. The summed E-state index contributed by atoms with van der Waals surface area (Å²) in [5.74, 6) is 2.15. The van der Waals surface area contributed by atoms with Gasteiger partial charge in [0.1, 0.15) is 17.3 Å². The number of aromatic nitrogens is 3. The molecular formula is C25H26N4O3S. The monoisotopic (exact) mass is 462 g/mol. The molecule has 0 spiro atoms. The van der Waals surface area contributed by atoms with Crippen LogP contribution in [-0.4, -0.2) is 33.9 Å². The second kappa shape index (κ2) is 8.86. The van der Waals surface area contributed by atoms with Crippen LogP contribution in [0.15, 0.2) is 42.5 Å². The highest BCUT2D eigenvalue weighted by Gasteiger charge is 2.34. The number of nitrogens with zero attached hydrogens (tertiary/aromatic N) is 3. The van der Waals surface area contributed by atoms with E-state index >= 15 is 0 Å². The van der Waals surface area contributed by atoms with Crippen LogP contribution in [0, 0.1) is 6.92 Å². The maximum Gasteiger partial charge on any atom is 0.226 e. The van der Waals surface area contributed by atoms with E-state index in [-0.39, 0.29) is 11.8 Å². The molecule has 5 rings (SSSR count). The van der Waals surface area contributed by atoms with E-state index in [0.717, 1.165) is 45.0 Å². The normalized spacial score (nSPS) is 15.4. The Bertz CT molecular complexity index is 1330. The summed E-state index contributed by atoms with van der Waals surface area (Å²) in [6, 6.07) is 13.8. The van der Waals surface area contributed by atoms with Gasteiger partial charge in [0.15, 0.2) is 0 Å². The first-order valence-corrected chi connectivity index (χ1v) is 12.1. The number of amides is 1. The summed E-state index contributed by atoms with van der Waals surface area (Å²) >= 11 is 1.52. The number of nitrogens with one attached hydrogen (secondary N) is 1. The second-order valence-corrected chi connectivity index (χ2v) is 9.02. The lowest BCUT2D eigenvalue weighted by Crippen LogP contribution is -2.25. The van der Waals surface area contributed by atoms with Crippen LogP contribution in [-0.2, 0) is 4.79 Å². The van der Waals surface area contributed by atoms with Crippen LogP contribution >= 0.6 is 11.3 Å². The SMILES string of the molecule is CCCOc1ccccc1[C@@H]1CC(=O)Nc2c1c(C)nn2-c1nc2ccc(OCC)cc2s1. The van der Waals surface area contributed by atoms with E-state index in [1.807, 2.05) is 56.3 Å². The third-order valence-corrected chi connectivity index (χ3v) is 6.69. The first kappa shape index (κ1) is 21.5. The third kappa shape index (κ3) is 3.95. The number of fused-ring (bicyclic) bond motifs is 2. The quantitative estimate of drug-likeness (QED) is 0.395. The molecule has 0 aliphatic carbocycles. The fraction of sp³-hybridized carbons (Fsp3) is 0.320. The van der Waals surface area contributed by atoms with E-state index in [9.17, 15) is 4.79 Å². The van der Waals surface area contributed by atoms with Gasteiger partial charge < -0.3 is 14.8 Å². The van der Waals surface area contributed by atoms with E-state index in [4.69, 9.17) is 19.6 Å². The van der Waals surface area contributed by atoms with E-state index in [0.29, 0.717) is 30.6 Å². The number of carbonyl (C=O) groups is 1. The van der Waals surface area contributed by atoms with Gasteiger partial charge in [-0.25, -0.2) is 4.98 Å². The first-order chi connectivity index (χ1) is 16.1. The lowest BCUT2D eigenvalue weighted by Gasteiger charge is -2.25. The first-order valence-electron chi connectivity index (χ1n) is 11.2. The van der Waals surface area contributed by atoms with E-state index in [2.05, 4.69) is 12.2 Å². The minimum Gasteiger partial charge on any atom is -0.494 e. The fourth-order valence-electron chi connectivity index (χ4n) is 4.30. The molecule has 4 aromatic rings. The van der Waals surface area contributed by atoms with Gasteiger partial charge in [-0.15, -0.1) is 0 Å². The van der Waals surface area contributed by atoms with Gasteiger partial charge in [-0.1, -0.05) is 36.5 Å². The molecule has 7 nitrogen and oxygen atoms in total. The number of thiazole rings is 1. The van der Waals surface area contributed by atoms with Crippen LogP contribution in [0.1, 0.15) is 49.4 Å². The molecule has 0 saturated heterocycles. The smallest absolute Gasteiger partial charge is 0.226 e. The largest absolute Gasteiger partial charge is 0.494 e. The lowest BCUT2D eigenvalue weighted by molar-refractivity contribution is -0.116. The summed E-state index contributed by atoms with van der Waals surface area (Å²) in [6.45, 7) is 7.27. The molecule has 1 N–H and O–H groups in total. The molecule has 0 bridgehead atoms. The van der Waals surface area contributed by atoms with Crippen molar-refractivity contribution in [2.45, 2.75) is 39.5 Å². The van der Waals surface area contributed by atoms with E-state index < -0.39 is 0 Å². The highest BCUT2D eigenvalue weighted by Crippen LogP contribution is 2.43. The number of benzene rings is 2. The van der Waals surface area contributed by atoms with Gasteiger partial charge in [-0.2, -0.15) is 9.78 Å². The van der Waals surface area contributed by atoms with Crippen molar-refractivity contribution in [2.75, 3.05) is 18.5 Å². The highest BCUT2D eigenvalue weighted by molar-refractivity contribution is 7.20. The Morgan fingerprint density at radius 3 is 2.85 bits per heavy atom. The van der Waals surface area contributed by atoms with Crippen molar-refractivity contribution in [3.05, 3.63) is 59.3 Å². The summed E-state index contributed by atoms with van der Waals surface area (Å²) in [5, 5.41) is 8.55. The van der Waals surface area contributed by atoms with Gasteiger partial charge >= 0.3 is 0 Å². The summed E-state index contributed by atoms with van der Waals surface area (Å²) in [7, 11) is 0. The molecule has 2 aromatic carbocycles. The molecule has 0 saturated carbocycles. The van der Waals surface area contributed by atoms with E-state index in [1.54, 1.807) is 4.68 Å². The summed E-state index contributed by atoms with van der Waals surface area (Å²) in [4.78, 5) is 17.6. The van der Waals surface area contributed by atoms with Crippen molar-refractivity contribution in [2.24, 2.45) is 0 Å². The van der Waals surface area contributed by atoms with Crippen LogP contribution in [0.2, 0.25) is 0 Å². The van der Waals surface area contributed by atoms with Gasteiger partial charge in [-0.3, -0.25) is 4.79 Å². The topological polar surface area (TPSA) is 78.3 Å². The predicted octanol–water partition coefficient (Wildman–Crippen LogP) is 5.45. The number of aryl methyl sites for hydroxylation is 1. The Morgan fingerprint density at radius 2 is 2.03 bits per heavy atom. The molecule has 3 heterocycles. The molecule has 170 valence electrons. The molecule has 0 radical (unpaired) electrons. The van der Waals surface area contributed by atoms with Crippen LogP contribution in [0.25, 0.3) is 15.3 Å². The lowest BCUT2D eigenvalue weighted by atomic mass is 9.85. The van der Waals surface area contributed by atoms with Crippen LogP contribution < -0.4 is 14.8 Å². The van der Waals surface area contributed by atoms with Gasteiger partial charge in [0, 0.05) is 23.5 Å². The van der Waals surface area contributed by atoms with Crippen molar-refractivity contribution in [1.29, 1.82) is 0 Å². The Kier molecular flexibility index (Phi) is 5.76. The van der Waals surface area contributed by atoms with Gasteiger partial charge in [0.25, 0.3) is 0 Å². The summed E-state index contributed by atoms with van der Waals surface area (Å²) in [6.07, 6.45) is 1.27. The molecule has 1 atom stereocenters. The average Bonchev–Trinajstić information content (AvgIpc) is 3.38. The number of para-hydroxylation sites is 1. The molecule has 0 fully saturated rings. The van der Waals surface area contributed by atoms with Crippen molar-refractivity contribution in [3.8, 4) is 16.6 Å². The fourth-order valence-corrected chi connectivity index (χ4v) is 5.26. The highest BCUT2D eigenvalue weighted by atomic mass is 32.1. The maximum atomic E-state index is 12.8. The van der Waals surface area contributed by atoms with Crippen molar-refractivity contribution in [1.82, 2.24) is 14.8 Å². The number of carbonyl (C=O) groups excluding carboxylic acids is 1. The standard InChI is InChI=1S/C25H26N4O3S/c1-4-12-32-20-9-7-6-8-17(20)18-14-22(30)27-24-23(18)15(3)28-29(24)25-26-19-11-10-16(31-5-2)13-21(19)33-25/h6-11,13,18H,4-5,12,14H2,1-3H3,(H,27,30)/t18-/m0/s1. The van der Waals surface area contributed by atoms with Gasteiger partial charge in [-0.05, 0) is 44.5 Å². The summed E-state index contributed by atoms with van der Waals surface area (Å²) < 4.78 is 14.4. The zero-order valence-electron chi connectivity index (χ0n) is 18.9. The number of rotatable bonds is 7. The van der Waals surface area contributed by atoms with Crippen LogP contribution in [0.5, 0.6) is 11.5 Å². The van der Waals surface area contributed by atoms with Crippen molar-refractivity contribution in [3.63, 3.8) is 0 Å². The number of anilines is 1. The molecule has 1 aliphatic heterocycles. The predicted molar refractivity (Wildman–Crippen MR) is 130 cm³/mol. The molecule has 8 heteroatoms. The maximum absolute atomic E-state index is 12.8.